The van der Waals surface area contributed by atoms with Crippen molar-refractivity contribution in [3.05, 3.63) is 23.8 Å². The van der Waals surface area contributed by atoms with E-state index in [2.05, 4.69) is 52.8 Å². The van der Waals surface area contributed by atoms with Crippen LogP contribution in [0.15, 0.2) is 23.8 Å². The minimum atomic E-state index is 0.638. The summed E-state index contributed by atoms with van der Waals surface area (Å²) in [5, 5.41) is 0. The van der Waals surface area contributed by atoms with E-state index in [-0.39, 0.29) is 0 Å². The van der Waals surface area contributed by atoms with Crippen LogP contribution in [0.5, 0.6) is 0 Å². The first-order valence-corrected chi connectivity index (χ1v) is 5.93. The molecule has 0 aliphatic carbocycles. The van der Waals surface area contributed by atoms with E-state index in [1.54, 1.807) is 0 Å². The second-order valence-electron chi connectivity index (χ2n) is 4.47. The molecule has 0 heterocycles. The lowest BCUT2D eigenvalue weighted by atomic mass is 9.99. The summed E-state index contributed by atoms with van der Waals surface area (Å²) in [5.41, 5.74) is 1.42. The van der Waals surface area contributed by atoms with E-state index in [4.69, 9.17) is 0 Å². The Morgan fingerprint density at radius 2 is 1.79 bits per heavy atom. The van der Waals surface area contributed by atoms with Crippen molar-refractivity contribution in [2.45, 2.75) is 53.9 Å². The summed E-state index contributed by atoms with van der Waals surface area (Å²) in [4.78, 5) is 0. The van der Waals surface area contributed by atoms with Crippen LogP contribution < -0.4 is 0 Å². The number of rotatable bonds is 6. The molecule has 0 aliphatic heterocycles. The zero-order valence-electron chi connectivity index (χ0n) is 10.5. The van der Waals surface area contributed by atoms with Gasteiger partial charge in [-0.3, -0.25) is 0 Å². The summed E-state index contributed by atoms with van der Waals surface area (Å²) in [7, 11) is 0. The first-order valence-electron chi connectivity index (χ1n) is 5.93. The van der Waals surface area contributed by atoms with Gasteiger partial charge in [0.05, 0.1) is 0 Å². The van der Waals surface area contributed by atoms with Crippen molar-refractivity contribution >= 4 is 0 Å². The largest absolute Gasteiger partial charge is 0.0851 e. The Hall–Kier alpha value is -0.520. The number of allylic oxidation sites excluding steroid dienone is 4. The summed E-state index contributed by atoms with van der Waals surface area (Å²) < 4.78 is 0. The molecular formula is C14H26. The third-order valence-electron chi connectivity index (χ3n) is 2.45. The first-order chi connectivity index (χ1) is 6.60. The van der Waals surface area contributed by atoms with E-state index >= 15 is 0 Å². The maximum Gasteiger partial charge on any atom is -0.00536 e. The lowest BCUT2D eigenvalue weighted by Crippen LogP contribution is -1.93. The van der Waals surface area contributed by atoms with Gasteiger partial charge in [-0.2, -0.15) is 0 Å². The van der Waals surface area contributed by atoms with Gasteiger partial charge in [0.15, 0.2) is 0 Å². The predicted molar refractivity (Wildman–Crippen MR) is 66.4 cm³/mol. The third kappa shape index (κ3) is 6.94. The average Bonchev–Trinajstić information content (AvgIpc) is 2.12. The molecule has 0 saturated carbocycles. The maximum atomic E-state index is 2.37. The predicted octanol–water partition coefficient (Wildman–Crippen LogP) is 4.97. The van der Waals surface area contributed by atoms with Gasteiger partial charge in [-0.15, -0.1) is 0 Å². The van der Waals surface area contributed by atoms with Crippen LogP contribution >= 0.6 is 0 Å². The summed E-state index contributed by atoms with van der Waals surface area (Å²) in [5.74, 6) is 1.37. The zero-order chi connectivity index (χ0) is 11.0. The second kappa shape index (κ2) is 7.84. The third-order valence-corrected chi connectivity index (χ3v) is 2.45. The van der Waals surface area contributed by atoms with Gasteiger partial charge in [-0.25, -0.2) is 0 Å². The van der Waals surface area contributed by atoms with Crippen LogP contribution in [0.3, 0.4) is 0 Å². The quantitative estimate of drug-likeness (QED) is 0.524. The van der Waals surface area contributed by atoms with Crippen LogP contribution in [0.25, 0.3) is 0 Å². The van der Waals surface area contributed by atoms with Gasteiger partial charge < -0.3 is 0 Å². The molecule has 2 atom stereocenters. The Labute approximate surface area is 90.1 Å². The fraction of sp³-hybridized carbons (Fsp3) is 0.714. The van der Waals surface area contributed by atoms with Crippen molar-refractivity contribution in [1.29, 1.82) is 0 Å². The molecule has 0 bridgehead atoms. The molecule has 0 heteroatoms. The highest BCUT2D eigenvalue weighted by atomic mass is 14.0. The normalized spacial score (nSPS) is 15.5. The van der Waals surface area contributed by atoms with E-state index in [1.165, 1.54) is 24.8 Å². The summed E-state index contributed by atoms with van der Waals surface area (Å²) in [6.07, 6.45) is 10.9. The molecule has 0 fully saturated rings. The fourth-order valence-electron chi connectivity index (χ4n) is 1.62. The summed E-state index contributed by atoms with van der Waals surface area (Å²) in [6.45, 7) is 11.1. The van der Waals surface area contributed by atoms with E-state index < -0.39 is 0 Å². The second-order valence-corrected chi connectivity index (χ2v) is 4.47. The molecule has 0 aromatic rings. The minimum absolute atomic E-state index is 0.638. The monoisotopic (exact) mass is 194 g/mol. The molecule has 0 N–H and O–H groups in total. The average molecular weight is 194 g/mol. The van der Waals surface area contributed by atoms with E-state index in [0.29, 0.717) is 5.92 Å². The molecule has 0 aromatic carbocycles. The van der Waals surface area contributed by atoms with Crippen LogP contribution in [0, 0.1) is 11.8 Å². The zero-order valence-corrected chi connectivity index (χ0v) is 10.5. The molecule has 0 saturated heterocycles. The molecule has 14 heavy (non-hydrogen) atoms. The Morgan fingerprint density at radius 1 is 1.14 bits per heavy atom. The van der Waals surface area contributed by atoms with E-state index in [1.807, 2.05) is 0 Å². The standard InChI is InChI=1S/C14H26/c1-6-8-13(5)9-10-14(7-2)11-12(3)4/h9-11,13-14H,6-8H2,1-5H3. The van der Waals surface area contributed by atoms with Gasteiger partial charge in [0, 0.05) is 0 Å². The lowest BCUT2D eigenvalue weighted by Gasteiger charge is -2.07. The van der Waals surface area contributed by atoms with Crippen molar-refractivity contribution in [1.82, 2.24) is 0 Å². The van der Waals surface area contributed by atoms with Gasteiger partial charge in [0.2, 0.25) is 0 Å². The summed E-state index contributed by atoms with van der Waals surface area (Å²) in [6, 6.07) is 0. The SMILES string of the molecule is CCCC(C)C=CC(C=C(C)C)CC. The van der Waals surface area contributed by atoms with Crippen molar-refractivity contribution < 1.29 is 0 Å². The van der Waals surface area contributed by atoms with E-state index in [9.17, 15) is 0 Å². The smallest absolute Gasteiger partial charge is 0.00536 e. The summed E-state index contributed by atoms with van der Waals surface area (Å²) >= 11 is 0. The molecule has 0 aromatic heterocycles. The van der Waals surface area contributed by atoms with Crippen LogP contribution in [-0.4, -0.2) is 0 Å². The van der Waals surface area contributed by atoms with Crippen molar-refractivity contribution in [2.24, 2.45) is 11.8 Å². The Morgan fingerprint density at radius 3 is 2.21 bits per heavy atom. The number of hydrogen-bond acceptors (Lipinski definition) is 0. The maximum absolute atomic E-state index is 2.37. The van der Waals surface area contributed by atoms with Crippen molar-refractivity contribution in [3.8, 4) is 0 Å². The molecule has 82 valence electrons. The molecule has 0 amide bonds. The molecule has 0 nitrogen and oxygen atoms in total. The van der Waals surface area contributed by atoms with Crippen molar-refractivity contribution in [3.63, 3.8) is 0 Å². The number of hydrogen-bond donors (Lipinski definition) is 0. The molecule has 0 spiro atoms. The van der Waals surface area contributed by atoms with Gasteiger partial charge in [-0.05, 0) is 38.5 Å². The first kappa shape index (κ1) is 13.5. The Bertz CT molecular complexity index is 182. The van der Waals surface area contributed by atoms with Gasteiger partial charge in [-0.1, -0.05) is 51.0 Å². The Balaban J connectivity index is 4.10. The van der Waals surface area contributed by atoms with Crippen LogP contribution in [0.1, 0.15) is 53.9 Å². The topological polar surface area (TPSA) is 0 Å². The van der Waals surface area contributed by atoms with Gasteiger partial charge in [0.1, 0.15) is 0 Å². The molecular weight excluding hydrogens is 168 g/mol. The van der Waals surface area contributed by atoms with Gasteiger partial charge in [0.25, 0.3) is 0 Å². The molecule has 0 aliphatic rings. The van der Waals surface area contributed by atoms with Crippen LogP contribution in [0.4, 0.5) is 0 Å². The highest BCUT2D eigenvalue weighted by Gasteiger charge is 1.99. The highest BCUT2D eigenvalue weighted by molar-refractivity contribution is 5.05. The van der Waals surface area contributed by atoms with Crippen LogP contribution in [-0.2, 0) is 0 Å². The fourth-order valence-corrected chi connectivity index (χ4v) is 1.62. The van der Waals surface area contributed by atoms with Gasteiger partial charge >= 0.3 is 0 Å². The molecule has 2 unspecified atom stereocenters. The molecule has 0 rings (SSSR count). The Kier molecular flexibility index (Phi) is 7.55. The minimum Gasteiger partial charge on any atom is -0.0851 e. The van der Waals surface area contributed by atoms with Crippen molar-refractivity contribution in [2.75, 3.05) is 0 Å². The molecule has 0 radical (unpaired) electrons. The van der Waals surface area contributed by atoms with E-state index in [0.717, 1.165) is 5.92 Å². The highest BCUT2D eigenvalue weighted by Crippen LogP contribution is 2.13. The lowest BCUT2D eigenvalue weighted by molar-refractivity contribution is 0.626. The van der Waals surface area contributed by atoms with Crippen LogP contribution in [0.2, 0.25) is 0 Å².